The third-order valence-electron chi connectivity index (χ3n) is 4.95. The van der Waals surface area contributed by atoms with Crippen molar-refractivity contribution in [2.75, 3.05) is 12.3 Å². The van der Waals surface area contributed by atoms with Crippen LogP contribution in [0, 0.1) is 5.92 Å². The summed E-state index contributed by atoms with van der Waals surface area (Å²) in [7, 11) is 0.100. The fourth-order valence-electron chi connectivity index (χ4n) is 3.72. The third kappa shape index (κ3) is 4.33. The predicted molar refractivity (Wildman–Crippen MR) is 107 cm³/mol. The molecule has 1 aliphatic rings. The number of hydrogen-bond donors (Lipinski definition) is 0. The Kier molecular flexibility index (Phi) is 7.37. The molecular weight excluding hydrogens is 302 g/mol. The van der Waals surface area contributed by atoms with Crippen molar-refractivity contribution < 1.29 is 0 Å². The zero-order valence-corrected chi connectivity index (χ0v) is 17.0. The van der Waals surface area contributed by atoms with E-state index in [1.807, 2.05) is 0 Å². The molecule has 0 radical (unpaired) electrons. The lowest BCUT2D eigenvalue weighted by Crippen LogP contribution is -2.28. The largest absolute Gasteiger partial charge is 0.0720 e. The van der Waals surface area contributed by atoms with Gasteiger partial charge in [-0.15, -0.1) is 0 Å². The molecule has 1 aromatic rings. The Morgan fingerprint density at radius 1 is 1.18 bits per heavy atom. The summed E-state index contributed by atoms with van der Waals surface area (Å²) in [6.07, 6.45) is 8.55. The van der Waals surface area contributed by atoms with Crippen LogP contribution in [0.2, 0.25) is 0 Å². The Balaban J connectivity index is 2.32. The molecule has 3 unspecified atom stereocenters. The molecule has 1 fully saturated rings. The fourth-order valence-corrected chi connectivity index (χ4v) is 10.4. The summed E-state index contributed by atoms with van der Waals surface area (Å²) in [5, 5.41) is 3.55. The Morgan fingerprint density at radius 2 is 1.91 bits per heavy atom. The summed E-state index contributed by atoms with van der Waals surface area (Å²) in [5.41, 5.74) is 1.78. The summed E-state index contributed by atoms with van der Waals surface area (Å²) >= 11 is 0. The molecule has 2 heteroatoms. The van der Waals surface area contributed by atoms with Gasteiger partial charge in [-0.3, -0.25) is 0 Å². The molecule has 1 aliphatic heterocycles. The van der Waals surface area contributed by atoms with Crippen LogP contribution in [0.5, 0.6) is 0 Å². The second-order valence-corrected chi connectivity index (χ2v) is 12.7. The average Bonchev–Trinajstić information content (AvgIpc) is 2.97. The van der Waals surface area contributed by atoms with Gasteiger partial charge in [-0.25, -0.2) is 0 Å². The number of hydrogen-bond acceptors (Lipinski definition) is 0. The molecule has 1 saturated heterocycles. The molecule has 0 aliphatic carbocycles. The van der Waals surface area contributed by atoms with E-state index in [-0.39, 0.29) is 15.8 Å². The van der Waals surface area contributed by atoms with Crippen LogP contribution in [0.15, 0.2) is 24.3 Å². The van der Waals surface area contributed by atoms with Crippen LogP contribution in [0.1, 0.15) is 60.3 Å². The van der Waals surface area contributed by atoms with E-state index in [1.54, 1.807) is 10.6 Å². The van der Waals surface area contributed by atoms with Crippen LogP contribution in [-0.2, 0) is 0 Å². The van der Waals surface area contributed by atoms with Crippen molar-refractivity contribution in [3.8, 4) is 0 Å². The molecule has 0 N–H and O–H groups in total. The van der Waals surface area contributed by atoms with E-state index in [2.05, 4.69) is 58.9 Å². The fraction of sp³-hybridized carbons (Fsp3) is 0.700. The number of benzene rings is 1. The lowest BCUT2D eigenvalue weighted by atomic mass is 10.1. The smallest absolute Gasteiger partial charge is 0.0146 e. The molecule has 0 bridgehead atoms. The molecule has 0 amide bonds. The zero-order valence-electron chi connectivity index (χ0n) is 15.2. The van der Waals surface area contributed by atoms with Gasteiger partial charge in [0.25, 0.3) is 0 Å². The maximum Gasteiger partial charge on any atom is -0.0146 e. The van der Waals surface area contributed by atoms with E-state index in [0.29, 0.717) is 0 Å². The Labute approximate surface area is 141 Å². The van der Waals surface area contributed by atoms with Crippen molar-refractivity contribution >= 4 is 26.5 Å². The Bertz CT molecular complexity index is 453. The van der Waals surface area contributed by atoms with Crippen LogP contribution >= 0.6 is 15.8 Å². The van der Waals surface area contributed by atoms with Gasteiger partial charge in [0.2, 0.25) is 0 Å². The van der Waals surface area contributed by atoms with Gasteiger partial charge in [-0.05, 0) is 59.4 Å². The lowest BCUT2D eigenvalue weighted by Gasteiger charge is -2.30. The molecule has 3 atom stereocenters. The molecule has 1 heterocycles. The van der Waals surface area contributed by atoms with E-state index in [1.165, 1.54) is 38.0 Å². The Morgan fingerprint density at radius 3 is 2.55 bits per heavy atom. The monoisotopic (exact) mass is 336 g/mol. The first-order valence-corrected chi connectivity index (χ1v) is 12.4. The van der Waals surface area contributed by atoms with Crippen LogP contribution in [0.3, 0.4) is 0 Å². The van der Waals surface area contributed by atoms with Crippen molar-refractivity contribution in [2.45, 2.75) is 71.6 Å². The average molecular weight is 336 g/mol. The molecule has 124 valence electrons. The van der Waals surface area contributed by atoms with E-state index in [4.69, 9.17) is 0 Å². The van der Waals surface area contributed by atoms with Crippen LogP contribution in [0.4, 0.5) is 0 Å². The summed E-state index contributed by atoms with van der Waals surface area (Å²) in [6.45, 7) is 12.1. The predicted octanol–water partition coefficient (Wildman–Crippen LogP) is 5.93. The van der Waals surface area contributed by atoms with Gasteiger partial charge < -0.3 is 0 Å². The maximum atomic E-state index is 2.49. The first-order valence-electron chi connectivity index (χ1n) is 9.18. The van der Waals surface area contributed by atoms with E-state index in [0.717, 1.165) is 17.2 Å². The van der Waals surface area contributed by atoms with Gasteiger partial charge >= 0.3 is 0 Å². The summed E-state index contributed by atoms with van der Waals surface area (Å²) < 4.78 is 0. The maximum absolute atomic E-state index is 2.49. The quantitative estimate of drug-likeness (QED) is 0.542. The first-order chi connectivity index (χ1) is 10.6. The minimum atomic E-state index is 0.0203. The SMILES string of the molecule is CCCCP(c1ccccc1P1CCCC1C(C)C)C(C)C. The van der Waals surface area contributed by atoms with E-state index < -0.39 is 0 Å². The molecule has 0 spiro atoms. The highest BCUT2D eigenvalue weighted by molar-refractivity contribution is 7.72. The van der Waals surface area contributed by atoms with Crippen molar-refractivity contribution in [2.24, 2.45) is 5.92 Å². The van der Waals surface area contributed by atoms with E-state index in [9.17, 15) is 0 Å². The van der Waals surface area contributed by atoms with Crippen molar-refractivity contribution in [3.63, 3.8) is 0 Å². The normalized spacial score (nSPS) is 23.4. The van der Waals surface area contributed by atoms with Crippen molar-refractivity contribution in [1.29, 1.82) is 0 Å². The number of rotatable bonds is 7. The molecule has 0 nitrogen and oxygen atoms in total. The zero-order chi connectivity index (χ0) is 16.1. The van der Waals surface area contributed by atoms with Crippen molar-refractivity contribution in [1.82, 2.24) is 0 Å². The summed E-state index contributed by atoms with van der Waals surface area (Å²) in [5.74, 6) is 0.850. The van der Waals surface area contributed by atoms with Crippen molar-refractivity contribution in [3.05, 3.63) is 24.3 Å². The number of unbranched alkanes of at least 4 members (excludes halogenated alkanes) is 1. The van der Waals surface area contributed by atoms with Gasteiger partial charge in [-0.1, -0.05) is 81.1 Å². The topological polar surface area (TPSA) is 0 Å². The van der Waals surface area contributed by atoms with Gasteiger partial charge in [0, 0.05) is 0 Å². The lowest BCUT2D eigenvalue weighted by molar-refractivity contribution is 0.583. The molecule has 0 aromatic heterocycles. The Hall–Kier alpha value is 0.0800. The van der Waals surface area contributed by atoms with Crippen LogP contribution < -0.4 is 10.6 Å². The van der Waals surface area contributed by atoms with Gasteiger partial charge in [0.1, 0.15) is 0 Å². The minimum absolute atomic E-state index is 0.0203. The molecule has 22 heavy (non-hydrogen) atoms. The summed E-state index contributed by atoms with van der Waals surface area (Å²) in [6, 6.07) is 9.56. The standard InChI is InChI=1S/C20H34P2/c1-6-7-14-21(17(4)5)19-11-8-9-12-20(19)22-15-10-13-18(22)16(2)3/h8-9,11-12,16-18H,6-7,10,13-15H2,1-5H3. The van der Waals surface area contributed by atoms with Crippen LogP contribution in [0.25, 0.3) is 0 Å². The second-order valence-electron chi connectivity index (χ2n) is 7.28. The van der Waals surface area contributed by atoms with Gasteiger partial charge in [0.15, 0.2) is 0 Å². The molecule has 1 aromatic carbocycles. The molecular formula is C20H34P2. The highest BCUT2D eigenvalue weighted by atomic mass is 31.1. The molecule has 2 rings (SSSR count). The highest BCUT2D eigenvalue weighted by Crippen LogP contribution is 2.53. The van der Waals surface area contributed by atoms with E-state index >= 15 is 0 Å². The summed E-state index contributed by atoms with van der Waals surface area (Å²) in [4.78, 5) is 0. The minimum Gasteiger partial charge on any atom is -0.0720 e. The highest BCUT2D eigenvalue weighted by Gasteiger charge is 2.32. The van der Waals surface area contributed by atoms with Crippen LogP contribution in [-0.4, -0.2) is 23.6 Å². The second kappa shape index (κ2) is 8.80. The first kappa shape index (κ1) is 18.4. The van der Waals surface area contributed by atoms with Gasteiger partial charge in [0.05, 0.1) is 0 Å². The van der Waals surface area contributed by atoms with Gasteiger partial charge in [-0.2, -0.15) is 0 Å². The third-order valence-corrected chi connectivity index (χ3v) is 11.6. The molecule has 0 saturated carbocycles.